The molecule has 1 heteroatoms. The molecular weight excluding hydrogens is 645 g/mol. The molecule has 0 atom stereocenters. The van der Waals surface area contributed by atoms with E-state index in [4.69, 9.17) is 0 Å². The molecule has 0 unspecified atom stereocenters. The highest BCUT2D eigenvalue weighted by Crippen LogP contribution is 2.19. The Hall–Kier alpha value is 0.350. The van der Waals surface area contributed by atoms with Gasteiger partial charge in [0.2, 0.25) is 0 Å². The van der Waals surface area contributed by atoms with Crippen LogP contribution in [-0.2, 0) is 0 Å². The fourth-order valence-electron chi connectivity index (χ4n) is 8.21. The lowest BCUT2D eigenvalue weighted by Gasteiger charge is -2.05. The smallest absolute Gasteiger partial charge is 0.00675 e. The predicted octanol–water partition coefficient (Wildman–Crippen LogP) is 19.9. The molecule has 0 N–H and O–H groups in total. The van der Waals surface area contributed by atoms with Crippen molar-refractivity contribution in [3.8, 4) is 0 Å². The van der Waals surface area contributed by atoms with E-state index in [-0.39, 0.29) is 0 Å². The van der Waals surface area contributed by atoms with Crippen molar-refractivity contribution in [1.29, 1.82) is 0 Å². The van der Waals surface area contributed by atoms with Gasteiger partial charge in [-0.25, -0.2) is 0 Å². The maximum atomic E-state index is 2.35. The topological polar surface area (TPSA) is 0 Å². The molecule has 0 fully saturated rings. The van der Waals surface area contributed by atoms with Crippen LogP contribution in [0.1, 0.15) is 310 Å². The van der Waals surface area contributed by atoms with Gasteiger partial charge in [-0.1, -0.05) is 297 Å². The van der Waals surface area contributed by atoms with Crippen LogP contribution in [0.5, 0.6) is 0 Å². The normalized spacial score (nSPS) is 11.8. The Morgan fingerprint density at radius 3 is 0.596 bits per heavy atom. The highest BCUT2D eigenvalue weighted by molar-refractivity contribution is 7.99. The zero-order valence-corrected chi connectivity index (χ0v) is 38.0. The van der Waals surface area contributed by atoms with Gasteiger partial charge in [0.15, 0.2) is 0 Å². The Bertz CT molecular complexity index is 584. The van der Waals surface area contributed by atoms with Crippen molar-refractivity contribution in [3.63, 3.8) is 0 Å². The van der Waals surface area contributed by atoms with E-state index in [1.54, 1.807) is 0 Å². The molecule has 0 saturated carbocycles. The van der Waals surface area contributed by atoms with Crippen LogP contribution in [-0.4, -0.2) is 11.5 Å². The summed E-state index contributed by atoms with van der Waals surface area (Å²) in [7, 11) is 0. The van der Waals surface area contributed by atoms with Crippen molar-refractivity contribution in [2.24, 2.45) is 5.92 Å². The molecule has 0 amide bonds. The molecule has 0 bridgehead atoms. The Morgan fingerprint density at radius 2 is 0.404 bits per heavy atom. The third-order valence-electron chi connectivity index (χ3n) is 12.0. The second kappa shape index (κ2) is 49.4. The standard InChI is InChI=1S/C51H104S/c1-4-5-6-7-8-9-10-11-12-13-14-15-16-17-18-19-20-22-25-28-31-34-37-40-43-46-49-52-50-47-44-41-38-35-32-29-26-23-21-24-27-30-33-36-39-42-45-48-51(2)3/h51H,4-50H2,1-3H3. The second-order valence-corrected chi connectivity index (χ2v) is 19.2. The van der Waals surface area contributed by atoms with Crippen LogP contribution < -0.4 is 0 Å². The third kappa shape index (κ3) is 50.4. The van der Waals surface area contributed by atoms with Crippen molar-refractivity contribution in [1.82, 2.24) is 0 Å². The first-order valence-electron chi connectivity index (χ1n) is 25.3. The van der Waals surface area contributed by atoms with Crippen LogP contribution in [0.4, 0.5) is 0 Å². The summed E-state index contributed by atoms with van der Waals surface area (Å²) in [5, 5.41) is 0. The summed E-state index contributed by atoms with van der Waals surface area (Å²) in [6.45, 7) is 7.02. The van der Waals surface area contributed by atoms with E-state index < -0.39 is 0 Å². The summed E-state index contributed by atoms with van der Waals surface area (Å²) in [6.07, 6.45) is 66.7. The first-order chi connectivity index (χ1) is 25.8. The molecule has 0 aromatic carbocycles. The average Bonchev–Trinajstić information content (AvgIpc) is 3.14. The number of rotatable bonds is 48. The van der Waals surface area contributed by atoms with Crippen LogP contribution in [0.2, 0.25) is 0 Å². The van der Waals surface area contributed by atoms with Crippen LogP contribution in [0.15, 0.2) is 0 Å². The summed E-state index contributed by atoms with van der Waals surface area (Å²) in [5.74, 6) is 3.72. The van der Waals surface area contributed by atoms with Crippen molar-refractivity contribution in [2.45, 2.75) is 310 Å². The van der Waals surface area contributed by atoms with E-state index in [0.717, 1.165) is 5.92 Å². The molecular formula is C51H104S. The Balaban J connectivity index is 3.05. The molecule has 0 aromatic rings. The number of unbranched alkanes of at least 4 members (excludes halogenated alkanes) is 42. The minimum Gasteiger partial charge on any atom is -0.162 e. The second-order valence-electron chi connectivity index (χ2n) is 18.0. The minimum absolute atomic E-state index is 0.895. The molecule has 0 aromatic heterocycles. The summed E-state index contributed by atoms with van der Waals surface area (Å²) in [4.78, 5) is 0. The number of thioether (sulfide) groups is 1. The molecule has 0 radical (unpaired) electrons. The van der Waals surface area contributed by atoms with Crippen LogP contribution in [0, 0.1) is 5.92 Å². The van der Waals surface area contributed by atoms with Gasteiger partial charge in [-0.15, -0.1) is 0 Å². The van der Waals surface area contributed by atoms with Gasteiger partial charge in [-0.3, -0.25) is 0 Å². The molecule has 0 nitrogen and oxygen atoms in total. The highest BCUT2D eigenvalue weighted by atomic mass is 32.2. The van der Waals surface area contributed by atoms with Gasteiger partial charge in [0, 0.05) is 0 Å². The summed E-state index contributed by atoms with van der Waals surface area (Å²) >= 11 is 2.24. The Morgan fingerprint density at radius 1 is 0.231 bits per heavy atom. The van der Waals surface area contributed by atoms with Crippen LogP contribution in [0.3, 0.4) is 0 Å². The van der Waals surface area contributed by atoms with Gasteiger partial charge < -0.3 is 0 Å². The maximum Gasteiger partial charge on any atom is -0.00675 e. The SMILES string of the molecule is CCCCCCCCCCCCCCCCCCCCCCCCCCCCSCCCCCCCCCCCCCCCCCCCCC(C)C. The molecule has 0 rings (SSSR count). The van der Waals surface area contributed by atoms with E-state index in [9.17, 15) is 0 Å². The van der Waals surface area contributed by atoms with Crippen molar-refractivity contribution in [2.75, 3.05) is 11.5 Å². The molecule has 52 heavy (non-hydrogen) atoms. The number of hydrogen-bond acceptors (Lipinski definition) is 1. The number of hydrogen-bond donors (Lipinski definition) is 0. The largest absolute Gasteiger partial charge is 0.162 e. The quantitative estimate of drug-likeness (QED) is 0.0558. The molecule has 314 valence electrons. The average molecular weight is 749 g/mol. The van der Waals surface area contributed by atoms with Crippen molar-refractivity contribution < 1.29 is 0 Å². The zero-order chi connectivity index (χ0) is 37.5. The highest BCUT2D eigenvalue weighted by Gasteiger charge is 1.99. The summed E-state index contributed by atoms with van der Waals surface area (Å²) < 4.78 is 0. The minimum atomic E-state index is 0.895. The van der Waals surface area contributed by atoms with Gasteiger partial charge in [0.25, 0.3) is 0 Å². The lowest BCUT2D eigenvalue weighted by atomic mass is 10.0. The molecule has 0 spiro atoms. The predicted molar refractivity (Wildman–Crippen MR) is 246 cm³/mol. The monoisotopic (exact) mass is 749 g/mol. The summed E-state index contributed by atoms with van der Waals surface area (Å²) in [6, 6.07) is 0. The molecule has 0 heterocycles. The first-order valence-corrected chi connectivity index (χ1v) is 26.5. The molecule has 0 aliphatic carbocycles. The van der Waals surface area contributed by atoms with Gasteiger partial charge >= 0.3 is 0 Å². The van der Waals surface area contributed by atoms with Gasteiger partial charge in [-0.2, -0.15) is 11.8 Å². The lowest BCUT2D eigenvalue weighted by Crippen LogP contribution is -1.87. The van der Waals surface area contributed by atoms with Crippen LogP contribution >= 0.6 is 11.8 Å². The van der Waals surface area contributed by atoms with Gasteiger partial charge in [0.05, 0.1) is 0 Å². The third-order valence-corrected chi connectivity index (χ3v) is 13.1. The first kappa shape index (κ1) is 52.3. The van der Waals surface area contributed by atoms with E-state index in [1.807, 2.05) is 0 Å². The summed E-state index contributed by atoms with van der Waals surface area (Å²) in [5.41, 5.74) is 0. The Labute approximate surface area is 337 Å². The van der Waals surface area contributed by atoms with E-state index in [2.05, 4.69) is 32.5 Å². The molecule has 0 aliphatic heterocycles. The fourth-order valence-corrected chi connectivity index (χ4v) is 9.23. The molecule has 0 aliphatic rings. The molecule has 0 saturated heterocycles. The van der Waals surface area contributed by atoms with E-state index in [0.29, 0.717) is 0 Å². The van der Waals surface area contributed by atoms with Gasteiger partial charge in [0.1, 0.15) is 0 Å². The lowest BCUT2D eigenvalue weighted by molar-refractivity contribution is 0.501. The van der Waals surface area contributed by atoms with E-state index >= 15 is 0 Å². The maximum absolute atomic E-state index is 2.35. The van der Waals surface area contributed by atoms with E-state index in [1.165, 1.54) is 300 Å². The van der Waals surface area contributed by atoms with Gasteiger partial charge in [-0.05, 0) is 30.3 Å². The van der Waals surface area contributed by atoms with Crippen molar-refractivity contribution in [3.05, 3.63) is 0 Å². The Kier molecular flexibility index (Phi) is 49.7. The van der Waals surface area contributed by atoms with Crippen molar-refractivity contribution >= 4 is 11.8 Å². The fraction of sp³-hybridized carbons (Fsp3) is 1.00. The zero-order valence-electron chi connectivity index (χ0n) is 37.2. The van der Waals surface area contributed by atoms with Crippen LogP contribution in [0.25, 0.3) is 0 Å².